The fraction of sp³-hybridized carbons (Fsp3) is 0.250. The summed E-state index contributed by atoms with van der Waals surface area (Å²) in [6.45, 7) is 1.97. The van der Waals surface area contributed by atoms with Gasteiger partial charge >= 0.3 is 0 Å². The van der Waals surface area contributed by atoms with Crippen molar-refractivity contribution in [2.75, 3.05) is 7.11 Å². The molecule has 0 aliphatic rings. The Morgan fingerprint density at radius 3 is 2.88 bits per heavy atom. The van der Waals surface area contributed by atoms with Gasteiger partial charge in [-0.25, -0.2) is 0 Å². The summed E-state index contributed by atoms with van der Waals surface area (Å²) in [6, 6.07) is 5.50. The maximum Gasteiger partial charge on any atom is 0.161 e. The number of ketones is 1. The number of Topliss-reactive ketones (excluding diaryl/α,β-unsaturated/α-hetero) is 1. The second-order valence-corrected chi connectivity index (χ2v) is 4.08. The van der Waals surface area contributed by atoms with Crippen molar-refractivity contribution in [3.63, 3.8) is 0 Å². The van der Waals surface area contributed by atoms with E-state index in [9.17, 15) is 4.79 Å². The van der Waals surface area contributed by atoms with Gasteiger partial charge in [-0.15, -0.1) is 0 Å². The molecule has 0 fully saturated rings. The highest BCUT2D eigenvalue weighted by Gasteiger charge is 2.11. The summed E-state index contributed by atoms with van der Waals surface area (Å²) in [6.07, 6.45) is 1.80. The van der Waals surface area contributed by atoms with Crippen LogP contribution in [0.5, 0.6) is 0 Å². The third-order valence-corrected chi connectivity index (χ3v) is 2.73. The number of halogens is 1. The van der Waals surface area contributed by atoms with E-state index in [1.807, 2.05) is 10.6 Å². The predicted octanol–water partition coefficient (Wildman–Crippen LogP) is 3.10. The molecule has 16 heavy (non-hydrogen) atoms. The minimum Gasteiger partial charge on any atom is -0.364 e. The molecule has 0 saturated carbocycles. The SMILES string of the molecule is COCn1cc(C(C)=O)c2cc(Cl)ccc21. The lowest BCUT2D eigenvalue weighted by Gasteiger charge is -2.02. The van der Waals surface area contributed by atoms with Gasteiger partial charge in [0, 0.05) is 29.3 Å². The topological polar surface area (TPSA) is 31.2 Å². The number of methoxy groups -OCH3 is 1. The summed E-state index contributed by atoms with van der Waals surface area (Å²) in [4.78, 5) is 11.5. The summed E-state index contributed by atoms with van der Waals surface area (Å²) in [5, 5.41) is 1.50. The van der Waals surface area contributed by atoms with Crippen molar-refractivity contribution >= 4 is 28.3 Å². The number of rotatable bonds is 3. The monoisotopic (exact) mass is 237 g/mol. The number of ether oxygens (including phenoxy) is 1. The number of hydrogen-bond donors (Lipinski definition) is 0. The highest BCUT2D eigenvalue weighted by atomic mass is 35.5. The average Bonchev–Trinajstić information content (AvgIpc) is 2.57. The van der Waals surface area contributed by atoms with Gasteiger partial charge in [0.25, 0.3) is 0 Å². The van der Waals surface area contributed by atoms with Crippen LogP contribution < -0.4 is 0 Å². The second-order valence-electron chi connectivity index (χ2n) is 3.65. The fourth-order valence-electron chi connectivity index (χ4n) is 1.80. The minimum absolute atomic E-state index is 0.0297. The Balaban J connectivity index is 2.71. The van der Waals surface area contributed by atoms with Crippen molar-refractivity contribution in [2.24, 2.45) is 0 Å². The van der Waals surface area contributed by atoms with Crippen LogP contribution in [-0.4, -0.2) is 17.5 Å². The Hall–Kier alpha value is -1.32. The zero-order valence-corrected chi connectivity index (χ0v) is 9.91. The Morgan fingerprint density at radius 2 is 2.25 bits per heavy atom. The van der Waals surface area contributed by atoms with Crippen molar-refractivity contribution in [1.29, 1.82) is 0 Å². The average molecular weight is 238 g/mol. The third kappa shape index (κ3) is 1.84. The maximum absolute atomic E-state index is 11.5. The molecule has 0 aliphatic heterocycles. The molecule has 0 N–H and O–H groups in total. The lowest BCUT2D eigenvalue weighted by atomic mass is 10.1. The van der Waals surface area contributed by atoms with Crippen LogP contribution in [0.15, 0.2) is 24.4 Å². The molecule has 4 heteroatoms. The highest BCUT2D eigenvalue weighted by Crippen LogP contribution is 2.25. The molecule has 0 saturated heterocycles. The van der Waals surface area contributed by atoms with Crippen molar-refractivity contribution < 1.29 is 9.53 Å². The van der Waals surface area contributed by atoms with Gasteiger partial charge in [0.15, 0.2) is 5.78 Å². The smallest absolute Gasteiger partial charge is 0.161 e. The molecule has 1 heterocycles. The second kappa shape index (κ2) is 4.28. The van der Waals surface area contributed by atoms with Crippen molar-refractivity contribution in [3.05, 3.63) is 35.0 Å². The highest BCUT2D eigenvalue weighted by molar-refractivity contribution is 6.31. The molecular formula is C12H12ClNO2. The number of aromatic nitrogens is 1. The van der Waals surface area contributed by atoms with Crippen LogP contribution in [0.25, 0.3) is 10.9 Å². The molecule has 3 nitrogen and oxygen atoms in total. The number of carbonyl (C=O) groups excluding carboxylic acids is 1. The molecule has 0 bridgehead atoms. The van der Waals surface area contributed by atoms with Crippen LogP contribution in [0.4, 0.5) is 0 Å². The molecule has 0 unspecified atom stereocenters. The van der Waals surface area contributed by atoms with Crippen molar-refractivity contribution in [2.45, 2.75) is 13.7 Å². The molecule has 0 atom stereocenters. The van der Waals surface area contributed by atoms with Crippen LogP contribution in [0, 0.1) is 0 Å². The molecule has 0 radical (unpaired) electrons. The van der Waals surface area contributed by atoms with Crippen LogP contribution >= 0.6 is 11.6 Å². The third-order valence-electron chi connectivity index (χ3n) is 2.49. The number of carbonyl (C=O) groups is 1. The number of fused-ring (bicyclic) bond motifs is 1. The van der Waals surface area contributed by atoms with Gasteiger partial charge in [-0.2, -0.15) is 0 Å². The molecule has 0 spiro atoms. The fourth-order valence-corrected chi connectivity index (χ4v) is 1.97. The maximum atomic E-state index is 11.5. The first-order valence-corrected chi connectivity index (χ1v) is 5.29. The van der Waals surface area contributed by atoms with Crippen molar-refractivity contribution in [3.8, 4) is 0 Å². The largest absolute Gasteiger partial charge is 0.364 e. The quantitative estimate of drug-likeness (QED) is 0.768. The molecule has 1 aromatic heterocycles. The summed E-state index contributed by atoms with van der Waals surface area (Å²) in [5.74, 6) is 0.0297. The molecule has 0 aliphatic carbocycles. The minimum atomic E-state index is 0.0297. The van der Waals surface area contributed by atoms with E-state index in [2.05, 4.69) is 0 Å². The van der Waals surface area contributed by atoms with Crippen LogP contribution in [0.1, 0.15) is 17.3 Å². The van der Waals surface area contributed by atoms with E-state index in [4.69, 9.17) is 16.3 Å². The van der Waals surface area contributed by atoms with E-state index in [1.54, 1.807) is 32.4 Å². The van der Waals surface area contributed by atoms with Gasteiger partial charge in [0.1, 0.15) is 6.73 Å². The molecule has 2 rings (SSSR count). The van der Waals surface area contributed by atoms with Crippen LogP contribution in [0.2, 0.25) is 5.02 Å². The first-order chi connectivity index (χ1) is 7.63. The Bertz CT molecular complexity index is 545. The molecule has 0 amide bonds. The van der Waals surface area contributed by atoms with E-state index in [1.165, 1.54) is 0 Å². The number of nitrogens with zero attached hydrogens (tertiary/aromatic N) is 1. The Labute approximate surface area is 98.6 Å². The van der Waals surface area contributed by atoms with Gasteiger partial charge < -0.3 is 9.30 Å². The normalized spacial score (nSPS) is 10.9. The van der Waals surface area contributed by atoms with Gasteiger partial charge in [-0.05, 0) is 25.1 Å². The molecule has 2 aromatic rings. The van der Waals surface area contributed by atoms with Gasteiger partial charge in [-0.1, -0.05) is 11.6 Å². The first-order valence-electron chi connectivity index (χ1n) is 4.91. The van der Waals surface area contributed by atoms with Gasteiger partial charge in [0.2, 0.25) is 0 Å². The molecule has 84 valence electrons. The zero-order chi connectivity index (χ0) is 11.7. The van der Waals surface area contributed by atoms with E-state index in [0.29, 0.717) is 17.3 Å². The van der Waals surface area contributed by atoms with Crippen LogP contribution in [-0.2, 0) is 11.5 Å². The van der Waals surface area contributed by atoms with E-state index in [-0.39, 0.29) is 5.78 Å². The number of hydrogen-bond acceptors (Lipinski definition) is 2. The predicted molar refractivity (Wildman–Crippen MR) is 64.0 cm³/mol. The van der Waals surface area contributed by atoms with Crippen LogP contribution in [0.3, 0.4) is 0 Å². The van der Waals surface area contributed by atoms with Crippen molar-refractivity contribution in [1.82, 2.24) is 4.57 Å². The summed E-state index contributed by atoms with van der Waals surface area (Å²) >= 11 is 5.93. The van der Waals surface area contributed by atoms with E-state index >= 15 is 0 Å². The summed E-state index contributed by atoms with van der Waals surface area (Å²) in [7, 11) is 1.62. The first kappa shape index (κ1) is 11.2. The molecular weight excluding hydrogens is 226 g/mol. The zero-order valence-electron chi connectivity index (χ0n) is 9.16. The summed E-state index contributed by atoms with van der Waals surface area (Å²) < 4.78 is 6.97. The lowest BCUT2D eigenvalue weighted by molar-refractivity contribution is 0.101. The Morgan fingerprint density at radius 1 is 1.50 bits per heavy atom. The summed E-state index contributed by atoms with van der Waals surface area (Å²) in [5.41, 5.74) is 1.63. The lowest BCUT2D eigenvalue weighted by Crippen LogP contribution is -1.97. The molecule has 1 aromatic carbocycles. The van der Waals surface area contributed by atoms with Gasteiger partial charge in [-0.3, -0.25) is 4.79 Å². The Kier molecular flexibility index (Phi) is 2.99. The van der Waals surface area contributed by atoms with E-state index < -0.39 is 0 Å². The van der Waals surface area contributed by atoms with Gasteiger partial charge in [0.05, 0.1) is 5.52 Å². The standard InChI is InChI=1S/C12H12ClNO2/c1-8(15)11-6-14(7-16-2)12-4-3-9(13)5-10(11)12/h3-6H,7H2,1-2H3. The number of benzene rings is 1. The van der Waals surface area contributed by atoms with E-state index in [0.717, 1.165) is 10.9 Å².